The zero-order valence-corrected chi connectivity index (χ0v) is 14.4. The maximum Gasteiger partial charge on any atom is 0.217 e. The standard InChI is InChI=1S/C16H24N2O4S/c1-13(19)17-14-5-4-8-18(12-14)9-10-23(20,21)16-7-3-6-15(11-16)22-2/h3,6-7,11,14H,4-5,8-10,12H2,1-2H3,(H,17,19)/t14-/m1/s1. The Bertz CT molecular complexity index is 645. The highest BCUT2D eigenvalue weighted by Gasteiger charge is 2.23. The number of ether oxygens (including phenoxy) is 1. The molecule has 0 aromatic heterocycles. The Morgan fingerprint density at radius 1 is 1.43 bits per heavy atom. The lowest BCUT2D eigenvalue weighted by atomic mass is 10.1. The molecule has 1 aliphatic rings. The van der Waals surface area contributed by atoms with E-state index in [1.54, 1.807) is 24.3 Å². The molecule has 1 aromatic carbocycles. The van der Waals surface area contributed by atoms with E-state index in [0.717, 1.165) is 19.4 Å². The molecule has 0 radical (unpaired) electrons. The number of carbonyl (C=O) groups is 1. The van der Waals surface area contributed by atoms with Crippen molar-refractivity contribution in [2.45, 2.75) is 30.7 Å². The summed E-state index contributed by atoms with van der Waals surface area (Å²) < 4.78 is 30.0. The van der Waals surface area contributed by atoms with Gasteiger partial charge in [0.25, 0.3) is 0 Å². The molecule has 0 spiro atoms. The summed E-state index contributed by atoms with van der Waals surface area (Å²) in [4.78, 5) is 13.5. The van der Waals surface area contributed by atoms with Crippen molar-refractivity contribution in [3.8, 4) is 5.75 Å². The summed E-state index contributed by atoms with van der Waals surface area (Å²) in [6.07, 6.45) is 1.91. The maximum absolute atomic E-state index is 12.5. The third kappa shape index (κ3) is 5.21. The number of hydrogen-bond acceptors (Lipinski definition) is 5. The van der Waals surface area contributed by atoms with Crippen LogP contribution < -0.4 is 10.1 Å². The van der Waals surface area contributed by atoms with Crippen molar-refractivity contribution in [3.63, 3.8) is 0 Å². The largest absolute Gasteiger partial charge is 0.497 e. The molecule has 0 bridgehead atoms. The second kappa shape index (κ2) is 7.79. The van der Waals surface area contributed by atoms with Crippen molar-refractivity contribution in [1.82, 2.24) is 10.2 Å². The molecule has 1 aliphatic heterocycles. The number of rotatable bonds is 6. The van der Waals surface area contributed by atoms with Gasteiger partial charge in [-0.2, -0.15) is 0 Å². The van der Waals surface area contributed by atoms with Gasteiger partial charge in [0.15, 0.2) is 9.84 Å². The number of nitrogens with zero attached hydrogens (tertiary/aromatic N) is 1. The minimum atomic E-state index is -3.34. The van der Waals surface area contributed by atoms with Crippen LogP contribution in [0.3, 0.4) is 0 Å². The Morgan fingerprint density at radius 2 is 2.22 bits per heavy atom. The predicted octanol–water partition coefficient (Wildman–Crippen LogP) is 1.07. The topological polar surface area (TPSA) is 75.7 Å². The van der Waals surface area contributed by atoms with Gasteiger partial charge in [-0.3, -0.25) is 4.79 Å². The summed E-state index contributed by atoms with van der Waals surface area (Å²) in [5, 5.41) is 2.91. The predicted molar refractivity (Wildman–Crippen MR) is 88.3 cm³/mol. The first-order chi connectivity index (χ1) is 10.9. The zero-order chi connectivity index (χ0) is 16.9. The fraction of sp³-hybridized carbons (Fsp3) is 0.562. The van der Waals surface area contributed by atoms with Crippen LogP contribution in [0.2, 0.25) is 0 Å². The Labute approximate surface area is 137 Å². The van der Waals surface area contributed by atoms with E-state index in [9.17, 15) is 13.2 Å². The van der Waals surface area contributed by atoms with E-state index in [4.69, 9.17) is 4.74 Å². The molecule has 0 unspecified atom stereocenters. The number of nitrogens with one attached hydrogen (secondary N) is 1. The van der Waals surface area contributed by atoms with Gasteiger partial charge in [-0.15, -0.1) is 0 Å². The first kappa shape index (κ1) is 17.7. The molecule has 23 heavy (non-hydrogen) atoms. The van der Waals surface area contributed by atoms with Crippen molar-refractivity contribution in [3.05, 3.63) is 24.3 Å². The Hall–Kier alpha value is -1.60. The molecule has 0 saturated carbocycles. The quantitative estimate of drug-likeness (QED) is 0.838. The number of amides is 1. The molecule has 7 heteroatoms. The van der Waals surface area contributed by atoms with E-state index in [2.05, 4.69) is 10.2 Å². The first-order valence-corrected chi connectivity index (χ1v) is 9.42. The molecule has 1 aromatic rings. The van der Waals surface area contributed by atoms with Crippen LogP contribution in [0, 0.1) is 0 Å². The van der Waals surface area contributed by atoms with E-state index in [0.29, 0.717) is 18.8 Å². The van der Waals surface area contributed by atoms with Crippen molar-refractivity contribution in [1.29, 1.82) is 0 Å². The molecular formula is C16H24N2O4S. The Kier molecular flexibility index (Phi) is 6.01. The highest BCUT2D eigenvalue weighted by molar-refractivity contribution is 7.91. The van der Waals surface area contributed by atoms with Crippen LogP contribution >= 0.6 is 0 Å². The summed E-state index contributed by atoms with van der Waals surface area (Å²) in [5.74, 6) is 0.558. The molecule has 6 nitrogen and oxygen atoms in total. The molecule has 2 rings (SSSR count). The average Bonchev–Trinajstić information content (AvgIpc) is 2.53. The van der Waals surface area contributed by atoms with E-state index < -0.39 is 9.84 Å². The minimum absolute atomic E-state index is 0.0409. The van der Waals surface area contributed by atoms with Gasteiger partial charge >= 0.3 is 0 Å². The van der Waals surface area contributed by atoms with Crippen LogP contribution in [0.25, 0.3) is 0 Å². The number of benzene rings is 1. The number of sulfone groups is 1. The highest BCUT2D eigenvalue weighted by Crippen LogP contribution is 2.19. The molecule has 1 atom stereocenters. The maximum atomic E-state index is 12.5. The van der Waals surface area contributed by atoms with E-state index in [1.165, 1.54) is 14.0 Å². The fourth-order valence-electron chi connectivity index (χ4n) is 2.83. The first-order valence-electron chi connectivity index (χ1n) is 7.77. The number of hydrogen-bond donors (Lipinski definition) is 1. The van der Waals surface area contributed by atoms with E-state index in [-0.39, 0.29) is 22.6 Å². The van der Waals surface area contributed by atoms with Crippen molar-refractivity contribution in [2.75, 3.05) is 32.5 Å². The smallest absolute Gasteiger partial charge is 0.217 e. The summed E-state index contributed by atoms with van der Waals surface area (Å²) >= 11 is 0. The van der Waals surface area contributed by atoms with Gasteiger partial charge in [0.2, 0.25) is 5.91 Å². The normalized spacial score (nSPS) is 19.3. The molecule has 128 valence electrons. The van der Waals surface area contributed by atoms with Crippen LogP contribution in [-0.2, 0) is 14.6 Å². The van der Waals surface area contributed by atoms with Crippen LogP contribution in [0.1, 0.15) is 19.8 Å². The van der Waals surface area contributed by atoms with Gasteiger partial charge in [0.1, 0.15) is 5.75 Å². The monoisotopic (exact) mass is 340 g/mol. The summed E-state index contributed by atoms with van der Waals surface area (Å²) in [6, 6.07) is 6.65. The molecule has 1 fully saturated rings. The van der Waals surface area contributed by atoms with Gasteiger partial charge in [-0.05, 0) is 37.6 Å². The van der Waals surface area contributed by atoms with Crippen LogP contribution in [0.5, 0.6) is 5.75 Å². The average molecular weight is 340 g/mol. The van der Waals surface area contributed by atoms with Gasteiger partial charge in [0, 0.05) is 26.1 Å². The number of methoxy groups -OCH3 is 1. The lowest BCUT2D eigenvalue weighted by Gasteiger charge is -2.32. The zero-order valence-electron chi connectivity index (χ0n) is 13.6. The van der Waals surface area contributed by atoms with Gasteiger partial charge < -0.3 is 15.0 Å². The van der Waals surface area contributed by atoms with Crippen LogP contribution in [-0.4, -0.2) is 57.8 Å². The van der Waals surface area contributed by atoms with Crippen molar-refractivity contribution >= 4 is 15.7 Å². The Morgan fingerprint density at radius 3 is 2.91 bits per heavy atom. The van der Waals surface area contributed by atoms with Crippen LogP contribution in [0.15, 0.2) is 29.2 Å². The second-order valence-corrected chi connectivity index (χ2v) is 7.95. The summed E-state index contributed by atoms with van der Waals surface area (Å²) in [6.45, 7) is 3.54. The van der Waals surface area contributed by atoms with Gasteiger partial charge in [-0.1, -0.05) is 6.07 Å². The molecule has 0 aliphatic carbocycles. The van der Waals surface area contributed by atoms with Crippen LogP contribution in [0.4, 0.5) is 0 Å². The van der Waals surface area contributed by atoms with Gasteiger partial charge in [0.05, 0.1) is 17.8 Å². The molecule has 1 amide bonds. The van der Waals surface area contributed by atoms with E-state index >= 15 is 0 Å². The van der Waals surface area contributed by atoms with Crippen molar-refractivity contribution < 1.29 is 17.9 Å². The SMILES string of the molecule is COc1cccc(S(=O)(=O)CCN2CCC[C@@H](NC(C)=O)C2)c1. The molecule has 1 heterocycles. The third-order valence-electron chi connectivity index (χ3n) is 3.99. The lowest BCUT2D eigenvalue weighted by Crippen LogP contribution is -2.48. The Balaban J connectivity index is 1.94. The van der Waals surface area contributed by atoms with E-state index in [1.807, 2.05) is 0 Å². The van der Waals surface area contributed by atoms with Crippen molar-refractivity contribution in [2.24, 2.45) is 0 Å². The molecule has 1 saturated heterocycles. The minimum Gasteiger partial charge on any atom is -0.497 e. The molecule has 1 N–H and O–H groups in total. The third-order valence-corrected chi connectivity index (χ3v) is 5.68. The number of piperidine rings is 1. The summed E-state index contributed by atoms with van der Waals surface area (Å²) in [5.41, 5.74) is 0. The molecular weight excluding hydrogens is 316 g/mol. The fourth-order valence-corrected chi connectivity index (χ4v) is 4.14. The summed E-state index contributed by atoms with van der Waals surface area (Å²) in [7, 11) is -1.83. The highest BCUT2D eigenvalue weighted by atomic mass is 32.2. The number of carbonyl (C=O) groups excluding carboxylic acids is 1. The number of likely N-dealkylation sites (tertiary alicyclic amines) is 1. The lowest BCUT2D eigenvalue weighted by molar-refractivity contribution is -0.120. The second-order valence-electron chi connectivity index (χ2n) is 5.84. The van der Waals surface area contributed by atoms with Gasteiger partial charge in [-0.25, -0.2) is 8.42 Å².